The van der Waals surface area contributed by atoms with Crippen LogP contribution in [0.25, 0.3) is 0 Å². The second-order valence-corrected chi connectivity index (χ2v) is 10.7. The van der Waals surface area contributed by atoms with Crippen molar-refractivity contribution in [2.75, 3.05) is 65.0 Å². The van der Waals surface area contributed by atoms with Gasteiger partial charge in [0.05, 0.1) is 25.8 Å². The number of likely N-dealkylation sites (tertiary alicyclic amines) is 1. The van der Waals surface area contributed by atoms with Crippen molar-refractivity contribution in [3.63, 3.8) is 0 Å². The van der Waals surface area contributed by atoms with Gasteiger partial charge in [0, 0.05) is 50.0 Å². The summed E-state index contributed by atoms with van der Waals surface area (Å²) in [4.78, 5) is 7.72. The van der Waals surface area contributed by atoms with Gasteiger partial charge < -0.3 is 24.0 Å². The van der Waals surface area contributed by atoms with Gasteiger partial charge in [0.2, 0.25) is 0 Å². The van der Waals surface area contributed by atoms with Crippen molar-refractivity contribution in [1.29, 1.82) is 0 Å². The summed E-state index contributed by atoms with van der Waals surface area (Å²) in [5.74, 6) is 2.45. The van der Waals surface area contributed by atoms with Crippen molar-refractivity contribution in [2.24, 2.45) is 0 Å². The third-order valence-corrected chi connectivity index (χ3v) is 8.40. The van der Waals surface area contributed by atoms with Crippen LogP contribution in [0.4, 0.5) is 5.69 Å². The summed E-state index contributed by atoms with van der Waals surface area (Å²) >= 11 is 6.26. The van der Waals surface area contributed by atoms with E-state index in [2.05, 4.69) is 45.0 Å². The molecule has 0 amide bonds. The second kappa shape index (κ2) is 11.9. The Hall–Kier alpha value is -2.15. The fourth-order valence-electron chi connectivity index (χ4n) is 6.17. The molecule has 0 N–H and O–H groups in total. The van der Waals surface area contributed by atoms with Crippen LogP contribution in [0.5, 0.6) is 17.2 Å². The number of benzene rings is 2. The van der Waals surface area contributed by atoms with Crippen molar-refractivity contribution in [1.82, 2.24) is 9.80 Å². The van der Waals surface area contributed by atoms with Crippen molar-refractivity contribution in [2.45, 2.75) is 50.6 Å². The highest BCUT2D eigenvalue weighted by Gasteiger charge is 2.36. The molecule has 3 saturated heterocycles. The van der Waals surface area contributed by atoms with Crippen LogP contribution in [0.2, 0.25) is 5.02 Å². The van der Waals surface area contributed by atoms with Gasteiger partial charge in [0.1, 0.15) is 5.75 Å². The van der Waals surface area contributed by atoms with E-state index in [1.807, 2.05) is 6.07 Å². The molecule has 7 heteroatoms. The van der Waals surface area contributed by atoms with Gasteiger partial charge in [-0.05, 0) is 81.4 Å². The van der Waals surface area contributed by atoms with Gasteiger partial charge >= 0.3 is 0 Å². The summed E-state index contributed by atoms with van der Waals surface area (Å²) in [7, 11) is 3.42. The number of ether oxygens (including phenoxy) is 3. The first-order valence-electron chi connectivity index (χ1n) is 13.5. The maximum atomic E-state index is 6.26. The number of fused-ring (bicyclic) bond motifs is 1. The predicted octanol–water partition coefficient (Wildman–Crippen LogP) is 5.64. The Bertz CT molecular complexity index is 1010. The standard InChI is InChI=1S/C29H40ClN3O3/c1-34-28-20-23(10-11-25(28)30)32-16-17-33-24(21-32)7-5-8-26(33)22-9-12-27(29(19-22)35-2)36-18-6-15-31-13-3-4-14-31/h9-12,19-20,24,26H,3-8,13-18,21H2,1-2H3/t24?,26-/m1/s1. The van der Waals surface area contributed by atoms with Gasteiger partial charge in [-0.2, -0.15) is 0 Å². The number of hydrogen-bond donors (Lipinski definition) is 0. The van der Waals surface area contributed by atoms with E-state index in [1.165, 1.54) is 56.4 Å². The zero-order valence-electron chi connectivity index (χ0n) is 21.8. The molecule has 3 heterocycles. The normalized spacial score (nSPS) is 22.9. The minimum atomic E-state index is 0.420. The van der Waals surface area contributed by atoms with Gasteiger partial charge in [0.25, 0.3) is 0 Å². The molecular weight excluding hydrogens is 474 g/mol. The Labute approximate surface area is 221 Å². The molecule has 5 rings (SSSR count). The maximum absolute atomic E-state index is 6.26. The maximum Gasteiger partial charge on any atom is 0.161 e. The highest BCUT2D eigenvalue weighted by molar-refractivity contribution is 6.32. The van der Waals surface area contributed by atoms with Crippen LogP contribution in [0, 0.1) is 0 Å². The van der Waals surface area contributed by atoms with Crippen LogP contribution < -0.4 is 19.1 Å². The van der Waals surface area contributed by atoms with Crippen LogP contribution in [-0.4, -0.2) is 75.9 Å². The lowest BCUT2D eigenvalue weighted by atomic mass is 9.89. The minimum Gasteiger partial charge on any atom is -0.495 e. The molecule has 2 aromatic rings. The highest BCUT2D eigenvalue weighted by atomic mass is 35.5. The first-order valence-corrected chi connectivity index (χ1v) is 13.9. The lowest BCUT2D eigenvalue weighted by Gasteiger charge is -2.49. The average Bonchev–Trinajstić information content (AvgIpc) is 3.44. The molecular formula is C29H40ClN3O3. The summed E-state index contributed by atoms with van der Waals surface area (Å²) < 4.78 is 17.4. The van der Waals surface area contributed by atoms with Gasteiger partial charge in [-0.25, -0.2) is 0 Å². The van der Waals surface area contributed by atoms with Crippen LogP contribution in [-0.2, 0) is 0 Å². The Kier molecular flexibility index (Phi) is 8.45. The highest BCUT2D eigenvalue weighted by Crippen LogP contribution is 2.40. The van der Waals surface area contributed by atoms with E-state index in [0.717, 1.165) is 56.5 Å². The molecule has 3 aliphatic rings. The molecule has 196 valence electrons. The van der Waals surface area contributed by atoms with E-state index >= 15 is 0 Å². The third kappa shape index (κ3) is 5.71. The quantitative estimate of drug-likeness (QED) is 0.404. The molecule has 2 aromatic carbocycles. The van der Waals surface area contributed by atoms with E-state index in [9.17, 15) is 0 Å². The first-order chi connectivity index (χ1) is 17.7. The molecule has 3 aliphatic heterocycles. The second-order valence-electron chi connectivity index (χ2n) is 10.3. The summed E-state index contributed by atoms with van der Waals surface area (Å²) in [6, 6.07) is 13.6. The van der Waals surface area contributed by atoms with Crippen molar-refractivity contribution in [3.05, 3.63) is 47.0 Å². The number of methoxy groups -OCH3 is 2. The zero-order chi connectivity index (χ0) is 24.9. The van der Waals surface area contributed by atoms with Gasteiger partial charge in [-0.1, -0.05) is 17.7 Å². The average molecular weight is 514 g/mol. The van der Waals surface area contributed by atoms with Gasteiger partial charge in [0.15, 0.2) is 11.5 Å². The predicted molar refractivity (Wildman–Crippen MR) is 146 cm³/mol. The molecule has 0 bridgehead atoms. The van der Waals surface area contributed by atoms with Crippen LogP contribution in [0.3, 0.4) is 0 Å². The van der Waals surface area contributed by atoms with Crippen LogP contribution >= 0.6 is 11.6 Å². The number of hydrogen-bond acceptors (Lipinski definition) is 6. The number of rotatable bonds is 9. The molecule has 3 fully saturated rings. The van der Waals surface area contributed by atoms with Crippen molar-refractivity contribution in [3.8, 4) is 17.2 Å². The van der Waals surface area contributed by atoms with Crippen molar-refractivity contribution >= 4 is 17.3 Å². The smallest absolute Gasteiger partial charge is 0.161 e. The van der Waals surface area contributed by atoms with Crippen molar-refractivity contribution < 1.29 is 14.2 Å². The molecule has 1 unspecified atom stereocenters. The molecule has 2 atom stereocenters. The van der Waals surface area contributed by atoms with Crippen LogP contribution in [0.15, 0.2) is 36.4 Å². The van der Waals surface area contributed by atoms with Gasteiger partial charge in [-0.15, -0.1) is 0 Å². The Morgan fingerprint density at radius 1 is 0.861 bits per heavy atom. The summed E-state index contributed by atoms with van der Waals surface area (Å²) in [5, 5.41) is 0.658. The topological polar surface area (TPSA) is 37.4 Å². The zero-order valence-corrected chi connectivity index (χ0v) is 22.5. The number of piperidine rings is 1. The molecule has 6 nitrogen and oxygen atoms in total. The third-order valence-electron chi connectivity index (χ3n) is 8.09. The summed E-state index contributed by atoms with van der Waals surface area (Å²) in [6.45, 7) is 7.39. The minimum absolute atomic E-state index is 0.420. The molecule has 0 aromatic heterocycles. The fourth-order valence-corrected chi connectivity index (χ4v) is 6.37. The number of piperazine rings is 1. The van der Waals surface area contributed by atoms with E-state index in [0.29, 0.717) is 17.1 Å². The Balaban J connectivity index is 1.22. The van der Waals surface area contributed by atoms with Gasteiger partial charge in [-0.3, -0.25) is 4.90 Å². The SMILES string of the molecule is COc1cc(N2CCN3C(CCC[C@@H]3c3ccc(OCCCN4CCCC4)c(OC)c3)C2)ccc1Cl. The van der Waals surface area contributed by atoms with Crippen LogP contribution in [0.1, 0.15) is 50.1 Å². The monoisotopic (exact) mass is 513 g/mol. The molecule has 0 spiro atoms. The summed E-state index contributed by atoms with van der Waals surface area (Å²) in [6.07, 6.45) is 7.38. The largest absolute Gasteiger partial charge is 0.495 e. The van der Waals surface area contributed by atoms with E-state index in [-0.39, 0.29) is 0 Å². The summed E-state index contributed by atoms with van der Waals surface area (Å²) in [5.41, 5.74) is 2.52. The lowest BCUT2D eigenvalue weighted by molar-refractivity contribution is 0.0715. The number of anilines is 1. The van der Waals surface area contributed by atoms with E-state index < -0.39 is 0 Å². The number of nitrogens with zero attached hydrogens (tertiary/aromatic N) is 3. The Morgan fingerprint density at radius 3 is 2.50 bits per heavy atom. The lowest BCUT2D eigenvalue weighted by Crippen LogP contribution is -2.55. The number of halogens is 1. The molecule has 0 radical (unpaired) electrons. The first kappa shape index (κ1) is 25.5. The van der Waals surface area contributed by atoms with E-state index in [4.69, 9.17) is 25.8 Å². The molecule has 36 heavy (non-hydrogen) atoms. The Morgan fingerprint density at radius 2 is 1.69 bits per heavy atom. The fraction of sp³-hybridized carbons (Fsp3) is 0.586. The molecule has 0 saturated carbocycles. The molecule has 0 aliphatic carbocycles. The van der Waals surface area contributed by atoms with E-state index in [1.54, 1.807) is 14.2 Å².